The molecule has 0 unspecified atom stereocenters. The molecule has 2 saturated heterocycles. The maximum Gasteiger partial charge on any atom is 0.276 e. The van der Waals surface area contributed by atoms with Crippen LogP contribution >= 0.6 is 0 Å². The van der Waals surface area contributed by atoms with Crippen molar-refractivity contribution in [3.63, 3.8) is 0 Å². The monoisotopic (exact) mass is 399 g/mol. The molecule has 0 aromatic carbocycles. The zero-order valence-electron chi connectivity index (χ0n) is 16.8. The van der Waals surface area contributed by atoms with E-state index in [2.05, 4.69) is 10.1 Å². The van der Waals surface area contributed by atoms with Gasteiger partial charge in [0.25, 0.3) is 5.91 Å². The molecule has 5 heterocycles. The number of nitrogens with zero attached hydrogens (tertiary/aromatic N) is 5. The molecule has 3 aliphatic rings. The molecular weight excluding hydrogens is 374 g/mol. The standard InChI is InChI=1S/C20H25N5O4/c1-13-9-16(23-29-13)18(26)25-4-3-20(11-25)12-28-10-15-14(2)21-19(22-17(15)20)24-5-7-27-8-6-24/h9H,3-8,10-12H2,1-2H3/t20-/m1/s1. The fraction of sp³-hybridized carbons (Fsp3) is 0.600. The van der Waals surface area contributed by atoms with Gasteiger partial charge in [0.05, 0.1) is 37.5 Å². The Bertz CT molecular complexity index is 939. The van der Waals surface area contributed by atoms with E-state index in [1.165, 1.54) is 0 Å². The number of aromatic nitrogens is 3. The zero-order chi connectivity index (χ0) is 20.0. The maximum absolute atomic E-state index is 12.9. The number of rotatable bonds is 2. The van der Waals surface area contributed by atoms with Crippen LogP contribution < -0.4 is 4.90 Å². The van der Waals surface area contributed by atoms with E-state index in [1.807, 2.05) is 11.8 Å². The highest BCUT2D eigenvalue weighted by atomic mass is 16.5. The summed E-state index contributed by atoms with van der Waals surface area (Å²) in [5.41, 5.74) is 3.08. The molecule has 0 radical (unpaired) electrons. The molecule has 1 spiro atoms. The van der Waals surface area contributed by atoms with E-state index >= 15 is 0 Å². The van der Waals surface area contributed by atoms with Crippen LogP contribution in [0.5, 0.6) is 0 Å². The first kappa shape index (κ1) is 18.5. The van der Waals surface area contributed by atoms with Crippen LogP contribution in [0.4, 0.5) is 5.95 Å². The summed E-state index contributed by atoms with van der Waals surface area (Å²) in [6.45, 7) is 9.03. The van der Waals surface area contributed by atoms with E-state index in [4.69, 9.17) is 24.0 Å². The van der Waals surface area contributed by atoms with Crippen molar-refractivity contribution >= 4 is 11.9 Å². The summed E-state index contributed by atoms with van der Waals surface area (Å²) in [5, 5.41) is 3.89. The van der Waals surface area contributed by atoms with Crippen molar-refractivity contribution < 1.29 is 18.8 Å². The average Bonchev–Trinajstić information content (AvgIpc) is 3.36. The number of likely N-dealkylation sites (tertiary alicyclic amines) is 1. The van der Waals surface area contributed by atoms with Crippen LogP contribution in [0, 0.1) is 13.8 Å². The lowest BCUT2D eigenvalue weighted by Crippen LogP contribution is -2.43. The van der Waals surface area contributed by atoms with Gasteiger partial charge in [0.15, 0.2) is 5.69 Å². The molecule has 0 bridgehead atoms. The summed E-state index contributed by atoms with van der Waals surface area (Å²) in [7, 11) is 0. The maximum atomic E-state index is 12.9. The SMILES string of the molecule is Cc1cc(C(=O)N2CC[C@]3(COCc4c(C)nc(N5CCOCC5)nc43)C2)no1. The van der Waals surface area contributed by atoms with Gasteiger partial charge in [0, 0.05) is 43.5 Å². The third-order valence-corrected chi connectivity index (χ3v) is 6.11. The van der Waals surface area contributed by atoms with Gasteiger partial charge in [-0.15, -0.1) is 0 Å². The highest BCUT2D eigenvalue weighted by Gasteiger charge is 2.47. The molecule has 9 nitrogen and oxygen atoms in total. The number of hydrogen-bond acceptors (Lipinski definition) is 8. The number of carbonyl (C=O) groups is 1. The predicted molar refractivity (Wildman–Crippen MR) is 103 cm³/mol. The van der Waals surface area contributed by atoms with Gasteiger partial charge in [-0.3, -0.25) is 4.79 Å². The van der Waals surface area contributed by atoms with E-state index < -0.39 is 0 Å². The average molecular weight is 399 g/mol. The minimum absolute atomic E-state index is 0.106. The Balaban J connectivity index is 1.46. The molecule has 5 rings (SSSR count). The van der Waals surface area contributed by atoms with Crippen LogP contribution in [0.3, 0.4) is 0 Å². The van der Waals surface area contributed by atoms with Gasteiger partial charge in [-0.2, -0.15) is 0 Å². The molecule has 29 heavy (non-hydrogen) atoms. The normalized spacial score (nSPS) is 24.2. The first-order valence-corrected chi connectivity index (χ1v) is 10.1. The van der Waals surface area contributed by atoms with Gasteiger partial charge in [0.2, 0.25) is 5.95 Å². The zero-order valence-corrected chi connectivity index (χ0v) is 16.8. The van der Waals surface area contributed by atoms with Crippen molar-refractivity contribution in [1.29, 1.82) is 0 Å². The molecule has 2 aromatic rings. The van der Waals surface area contributed by atoms with Gasteiger partial charge in [-0.1, -0.05) is 5.16 Å². The second kappa shape index (κ2) is 7.07. The molecule has 154 valence electrons. The van der Waals surface area contributed by atoms with Crippen molar-refractivity contribution in [1.82, 2.24) is 20.0 Å². The molecule has 0 N–H and O–H groups in total. The molecule has 2 fully saturated rings. The first-order chi connectivity index (χ1) is 14.1. The number of ether oxygens (including phenoxy) is 2. The molecular formula is C20H25N5O4. The van der Waals surface area contributed by atoms with E-state index in [1.54, 1.807) is 13.0 Å². The van der Waals surface area contributed by atoms with Crippen molar-refractivity contribution in [2.45, 2.75) is 32.3 Å². The first-order valence-electron chi connectivity index (χ1n) is 10.1. The van der Waals surface area contributed by atoms with E-state index in [9.17, 15) is 4.79 Å². The van der Waals surface area contributed by atoms with Crippen LogP contribution in [0.2, 0.25) is 0 Å². The number of aryl methyl sites for hydroxylation is 2. The lowest BCUT2D eigenvalue weighted by Gasteiger charge is -2.36. The Morgan fingerprint density at radius 1 is 1.14 bits per heavy atom. The number of hydrogen-bond donors (Lipinski definition) is 0. The Kier molecular flexibility index (Phi) is 4.51. The van der Waals surface area contributed by atoms with E-state index in [-0.39, 0.29) is 11.3 Å². The summed E-state index contributed by atoms with van der Waals surface area (Å²) in [5.74, 6) is 1.28. The number of morpholine rings is 1. The highest BCUT2D eigenvalue weighted by Crippen LogP contribution is 2.40. The van der Waals surface area contributed by atoms with Gasteiger partial charge < -0.3 is 23.8 Å². The Morgan fingerprint density at radius 2 is 1.97 bits per heavy atom. The quantitative estimate of drug-likeness (QED) is 0.744. The number of carbonyl (C=O) groups excluding carboxylic acids is 1. The van der Waals surface area contributed by atoms with E-state index in [0.717, 1.165) is 42.4 Å². The summed E-state index contributed by atoms with van der Waals surface area (Å²) in [4.78, 5) is 26.7. The number of amides is 1. The third kappa shape index (κ3) is 3.18. The van der Waals surface area contributed by atoms with Crippen LogP contribution in [0.1, 0.15) is 39.6 Å². The summed E-state index contributed by atoms with van der Waals surface area (Å²) < 4.78 is 16.5. The van der Waals surface area contributed by atoms with Gasteiger partial charge >= 0.3 is 0 Å². The fourth-order valence-electron chi connectivity index (χ4n) is 4.50. The molecule has 1 amide bonds. The number of fused-ring (bicyclic) bond motifs is 2. The minimum Gasteiger partial charge on any atom is -0.378 e. The molecule has 3 aliphatic heterocycles. The largest absolute Gasteiger partial charge is 0.378 e. The Labute approximate surface area is 169 Å². The third-order valence-electron chi connectivity index (χ3n) is 6.11. The van der Waals surface area contributed by atoms with Gasteiger partial charge in [-0.05, 0) is 20.3 Å². The van der Waals surface area contributed by atoms with Gasteiger partial charge in [0.1, 0.15) is 5.76 Å². The van der Waals surface area contributed by atoms with Crippen molar-refractivity contribution in [3.05, 3.63) is 34.5 Å². The molecule has 1 atom stereocenters. The summed E-state index contributed by atoms with van der Waals surface area (Å²) >= 11 is 0. The highest BCUT2D eigenvalue weighted by molar-refractivity contribution is 5.92. The van der Waals surface area contributed by atoms with Crippen LogP contribution in [-0.2, 0) is 21.5 Å². The Hall–Kier alpha value is -2.52. The molecule has 0 saturated carbocycles. The van der Waals surface area contributed by atoms with Crippen LogP contribution in [0.25, 0.3) is 0 Å². The lowest BCUT2D eigenvalue weighted by atomic mass is 9.80. The topological polar surface area (TPSA) is 93.8 Å². The fourth-order valence-corrected chi connectivity index (χ4v) is 4.50. The summed E-state index contributed by atoms with van der Waals surface area (Å²) in [6, 6.07) is 1.68. The van der Waals surface area contributed by atoms with Gasteiger partial charge in [-0.25, -0.2) is 9.97 Å². The molecule has 0 aliphatic carbocycles. The molecule has 2 aromatic heterocycles. The predicted octanol–water partition coefficient (Wildman–Crippen LogP) is 1.23. The minimum atomic E-state index is -0.309. The second-order valence-corrected chi connectivity index (χ2v) is 8.11. The van der Waals surface area contributed by atoms with Crippen LogP contribution in [0.15, 0.2) is 10.6 Å². The summed E-state index contributed by atoms with van der Waals surface area (Å²) in [6.07, 6.45) is 0.807. The lowest BCUT2D eigenvalue weighted by molar-refractivity contribution is 0.0478. The van der Waals surface area contributed by atoms with Crippen molar-refractivity contribution in [3.8, 4) is 0 Å². The Morgan fingerprint density at radius 3 is 2.72 bits per heavy atom. The van der Waals surface area contributed by atoms with E-state index in [0.29, 0.717) is 51.0 Å². The second-order valence-electron chi connectivity index (χ2n) is 8.11. The van der Waals surface area contributed by atoms with Crippen molar-refractivity contribution in [2.24, 2.45) is 0 Å². The number of anilines is 1. The smallest absolute Gasteiger partial charge is 0.276 e. The van der Waals surface area contributed by atoms with Crippen molar-refractivity contribution in [2.75, 3.05) is 50.9 Å². The van der Waals surface area contributed by atoms with Crippen LogP contribution in [-0.4, -0.2) is 71.9 Å². The molecule has 9 heteroatoms.